The van der Waals surface area contributed by atoms with Crippen molar-refractivity contribution in [3.05, 3.63) is 194 Å². The molecular weight excluding hydrogens is 706 g/mol. The predicted octanol–water partition coefficient (Wildman–Crippen LogP) is 11.6. The van der Waals surface area contributed by atoms with Crippen LogP contribution in [-0.2, 0) is 11.8 Å². The molecule has 0 fully saturated rings. The highest BCUT2D eigenvalue weighted by atomic mass is 32.4. The molecule has 0 bridgehead atoms. The van der Waals surface area contributed by atoms with Gasteiger partial charge in [0.2, 0.25) is 0 Å². The van der Waals surface area contributed by atoms with Crippen molar-refractivity contribution in [2.75, 3.05) is 0 Å². The summed E-state index contributed by atoms with van der Waals surface area (Å²) in [4.78, 5) is 9.52. The van der Waals surface area contributed by atoms with Gasteiger partial charge in [0.15, 0.2) is 0 Å². The van der Waals surface area contributed by atoms with Gasteiger partial charge >= 0.3 is 0 Å². The smallest absolute Gasteiger partial charge is 0.147 e. The van der Waals surface area contributed by atoms with Crippen LogP contribution in [0.15, 0.2) is 194 Å². The number of para-hydroxylation sites is 2. The van der Waals surface area contributed by atoms with Crippen LogP contribution in [0.25, 0.3) is 82.2 Å². The second kappa shape index (κ2) is 12.6. The van der Waals surface area contributed by atoms with Gasteiger partial charge in [0.05, 0.1) is 16.6 Å². The second-order valence-electron chi connectivity index (χ2n) is 14.2. The Morgan fingerprint density at radius 3 is 1.80 bits per heavy atom. The molecule has 11 rings (SSSR count). The highest BCUT2D eigenvalue weighted by Gasteiger charge is 2.25. The van der Waals surface area contributed by atoms with Crippen LogP contribution in [0, 0.1) is 0 Å². The average Bonchev–Trinajstić information content (AvgIpc) is 3.66. The summed E-state index contributed by atoms with van der Waals surface area (Å²) < 4.78 is 2.35. The van der Waals surface area contributed by atoms with Crippen LogP contribution >= 0.6 is 6.04 Å². The molecule has 3 heterocycles. The van der Waals surface area contributed by atoms with Crippen molar-refractivity contribution in [2.45, 2.75) is 0 Å². The summed E-state index contributed by atoms with van der Waals surface area (Å²) in [7, 11) is 0. The molecule has 0 N–H and O–H groups in total. The third kappa shape index (κ3) is 5.07. The quantitative estimate of drug-likeness (QED) is 0.130. The Bertz CT molecular complexity index is 3330. The summed E-state index contributed by atoms with van der Waals surface area (Å²) in [6.07, 6.45) is 3.71. The third-order valence-corrected chi connectivity index (χ3v) is 16.1. The van der Waals surface area contributed by atoms with Crippen LogP contribution in [0.5, 0.6) is 0 Å². The first-order valence-corrected chi connectivity index (χ1v) is 21.3. The molecule has 258 valence electrons. The molecule has 55 heavy (non-hydrogen) atoms. The fourth-order valence-electron chi connectivity index (χ4n) is 8.39. The lowest BCUT2D eigenvalue weighted by atomic mass is 9.96. The van der Waals surface area contributed by atoms with Crippen molar-refractivity contribution >= 4 is 93.7 Å². The highest BCUT2D eigenvalue weighted by Crippen LogP contribution is 2.44. The SMILES string of the molecule is S=P(c1ccncc1)(c1ccc(-c2ccc(-c3ccc4c5ccc6ccccc6c5c5nc6ccccc6n5c4c3)cc2)cc1)c1ccc2ccccc2c1. The van der Waals surface area contributed by atoms with Gasteiger partial charge in [0, 0.05) is 29.2 Å². The Balaban J connectivity index is 0.988. The van der Waals surface area contributed by atoms with E-state index < -0.39 is 6.04 Å². The number of imidazole rings is 1. The molecule has 0 spiro atoms. The van der Waals surface area contributed by atoms with Gasteiger partial charge in [-0.25, -0.2) is 4.98 Å². The number of pyridine rings is 2. The van der Waals surface area contributed by atoms with Gasteiger partial charge in [-0.2, -0.15) is 0 Å². The summed E-state index contributed by atoms with van der Waals surface area (Å²) in [5, 5.41) is 12.0. The molecule has 0 aliphatic heterocycles. The molecule has 1 unspecified atom stereocenters. The third-order valence-electron chi connectivity index (χ3n) is 11.1. The minimum atomic E-state index is -2.33. The van der Waals surface area contributed by atoms with Crippen LogP contribution < -0.4 is 15.9 Å². The minimum Gasteiger partial charge on any atom is -0.292 e. The van der Waals surface area contributed by atoms with Crippen LogP contribution in [0.3, 0.4) is 0 Å². The van der Waals surface area contributed by atoms with Crippen molar-refractivity contribution in [3.8, 4) is 22.3 Å². The lowest BCUT2D eigenvalue weighted by Crippen LogP contribution is -2.24. The van der Waals surface area contributed by atoms with E-state index in [9.17, 15) is 0 Å². The number of benzene rings is 8. The first-order chi connectivity index (χ1) is 27.1. The molecule has 3 nitrogen and oxygen atoms in total. The van der Waals surface area contributed by atoms with Crippen molar-refractivity contribution in [3.63, 3.8) is 0 Å². The number of rotatable bonds is 5. The summed E-state index contributed by atoms with van der Waals surface area (Å²) in [6.45, 7) is 0. The van der Waals surface area contributed by atoms with Crippen molar-refractivity contribution < 1.29 is 0 Å². The summed E-state index contributed by atoms with van der Waals surface area (Å²) in [5.41, 5.74) is 8.92. The summed E-state index contributed by atoms with van der Waals surface area (Å²) in [6, 6.07) is 63.3. The molecule has 0 aliphatic rings. The van der Waals surface area contributed by atoms with Gasteiger partial charge < -0.3 is 0 Å². The number of hydrogen-bond donors (Lipinski definition) is 0. The normalized spacial score (nSPS) is 12.9. The lowest BCUT2D eigenvalue weighted by Gasteiger charge is -2.24. The van der Waals surface area contributed by atoms with E-state index >= 15 is 0 Å². The predicted molar refractivity (Wildman–Crippen MR) is 237 cm³/mol. The van der Waals surface area contributed by atoms with E-state index in [1.807, 2.05) is 12.4 Å². The monoisotopic (exact) mass is 737 g/mol. The standard InChI is InChI=1S/C50H32N3PS/c55-54(41-27-29-51-30-28-41,42-24-19-33-7-1-2-9-38(33)31-42)40-22-17-35(18-23-40)34-13-15-36(16-14-34)39-21-25-44-45-26-20-37-8-3-4-10-43(37)49(45)50-52-46-11-5-6-12-47(46)53(50)48(44)32-39/h1-32H. The maximum absolute atomic E-state index is 6.70. The van der Waals surface area contributed by atoms with E-state index in [-0.39, 0.29) is 0 Å². The van der Waals surface area contributed by atoms with Crippen LogP contribution in [0.1, 0.15) is 0 Å². The molecule has 0 saturated heterocycles. The van der Waals surface area contributed by atoms with E-state index in [1.54, 1.807) is 0 Å². The average molecular weight is 738 g/mol. The highest BCUT2D eigenvalue weighted by molar-refractivity contribution is 8.25. The first-order valence-electron chi connectivity index (χ1n) is 18.5. The molecule has 8 aromatic carbocycles. The number of fused-ring (bicyclic) bond motifs is 11. The van der Waals surface area contributed by atoms with Crippen molar-refractivity contribution in [1.29, 1.82) is 0 Å². The van der Waals surface area contributed by atoms with Gasteiger partial charge in [0.1, 0.15) is 5.65 Å². The van der Waals surface area contributed by atoms with Crippen LogP contribution in [-0.4, -0.2) is 14.4 Å². The van der Waals surface area contributed by atoms with Gasteiger partial charge in [-0.3, -0.25) is 9.38 Å². The molecule has 0 radical (unpaired) electrons. The molecular formula is C50H32N3PS. The molecule has 0 saturated carbocycles. The molecule has 3 aromatic heterocycles. The Morgan fingerprint density at radius 2 is 1.00 bits per heavy atom. The zero-order valence-electron chi connectivity index (χ0n) is 29.7. The maximum Gasteiger partial charge on any atom is 0.147 e. The first kappa shape index (κ1) is 32.0. The largest absolute Gasteiger partial charge is 0.292 e. The Hall–Kier alpha value is -6.45. The van der Waals surface area contributed by atoms with E-state index in [4.69, 9.17) is 16.8 Å². The van der Waals surface area contributed by atoms with Gasteiger partial charge in [0.25, 0.3) is 0 Å². The topological polar surface area (TPSA) is 30.2 Å². The Morgan fingerprint density at radius 1 is 0.418 bits per heavy atom. The molecule has 5 heteroatoms. The van der Waals surface area contributed by atoms with Crippen molar-refractivity contribution in [2.24, 2.45) is 0 Å². The Kier molecular flexibility index (Phi) is 7.32. The second-order valence-corrected chi connectivity index (χ2v) is 18.6. The zero-order chi connectivity index (χ0) is 36.5. The number of hydrogen-bond acceptors (Lipinski definition) is 3. The number of aromatic nitrogens is 3. The van der Waals surface area contributed by atoms with E-state index in [0.717, 1.165) is 33.1 Å². The van der Waals surface area contributed by atoms with E-state index in [0.29, 0.717) is 0 Å². The van der Waals surface area contributed by atoms with Crippen LogP contribution in [0.2, 0.25) is 0 Å². The molecule has 1 atom stereocenters. The molecule has 11 aromatic rings. The zero-order valence-corrected chi connectivity index (χ0v) is 31.4. The van der Waals surface area contributed by atoms with Gasteiger partial charge in [-0.15, -0.1) is 0 Å². The van der Waals surface area contributed by atoms with E-state index in [2.05, 4.69) is 191 Å². The van der Waals surface area contributed by atoms with Crippen molar-refractivity contribution in [1.82, 2.24) is 14.4 Å². The maximum atomic E-state index is 6.70. The summed E-state index contributed by atoms with van der Waals surface area (Å²) in [5.74, 6) is 0. The molecule has 0 aliphatic carbocycles. The fourth-order valence-corrected chi connectivity index (χ4v) is 12.1. The lowest BCUT2D eigenvalue weighted by molar-refractivity contribution is 1.32. The van der Waals surface area contributed by atoms with Gasteiger partial charge in [-0.05, 0) is 101 Å². The summed E-state index contributed by atoms with van der Waals surface area (Å²) >= 11 is 6.70. The minimum absolute atomic E-state index is 0.992. The van der Waals surface area contributed by atoms with Crippen LogP contribution in [0.4, 0.5) is 0 Å². The fraction of sp³-hybridized carbons (Fsp3) is 0. The van der Waals surface area contributed by atoms with E-state index in [1.165, 1.54) is 65.0 Å². The number of nitrogens with zero attached hydrogens (tertiary/aromatic N) is 3. The Labute approximate surface area is 323 Å². The van der Waals surface area contributed by atoms with Gasteiger partial charge in [-0.1, -0.05) is 157 Å². The molecule has 0 amide bonds.